The van der Waals surface area contributed by atoms with E-state index in [0.29, 0.717) is 6.54 Å². The predicted molar refractivity (Wildman–Crippen MR) is 45.0 cm³/mol. The number of halogens is 1. The smallest absolute Gasteiger partial charge is 0.345 e. The zero-order valence-corrected chi connectivity index (χ0v) is 7.73. The van der Waals surface area contributed by atoms with Crippen LogP contribution < -0.4 is 5.32 Å². The van der Waals surface area contributed by atoms with E-state index < -0.39 is 17.1 Å². The van der Waals surface area contributed by atoms with E-state index in [-0.39, 0.29) is 6.54 Å². The molecule has 1 unspecified atom stereocenters. The van der Waals surface area contributed by atoms with E-state index in [0.717, 1.165) is 19.3 Å². The maximum Gasteiger partial charge on any atom is 0.345 e. The second-order valence-electron chi connectivity index (χ2n) is 4.03. The highest BCUT2D eigenvalue weighted by Gasteiger charge is 2.64. The fourth-order valence-electron chi connectivity index (χ4n) is 2.43. The molecule has 1 aliphatic carbocycles. The van der Waals surface area contributed by atoms with E-state index in [2.05, 4.69) is 10.1 Å². The van der Waals surface area contributed by atoms with Gasteiger partial charge in [0.2, 0.25) is 5.67 Å². The molecule has 4 heteroatoms. The van der Waals surface area contributed by atoms with Gasteiger partial charge in [-0.25, -0.2) is 9.18 Å². The molecular weight excluding hydrogens is 173 g/mol. The van der Waals surface area contributed by atoms with Crippen LogP contribution in [0.3, 0.4) is 0 Å². The van der Waals surface area contributed by atoms with Crippen molar-refractivity contribution in [2.75, 3.05) is 20.2 Å². The molecule has 1 aliphatic heterocycles. The van der Waals surface area contributed by atoms with Crippen LogP contribution in [0.2, 0.25) is 0 Å². The highest BCUT2D eigenvalue weighted by atomic mass is 19.1. The molecule has 1 atom stereocenters. The molecule has 0 aromatic carbocycles. The van der Waals surface area contributed by atoms with E-state index in [4.69, 9.17) is 0 Å². The third-order valence-corrected chi connectivity index (χ3v) is 3.49. The molecule has 1 heterocycles. The Bertz CT molecular complexity index is 240. The van der Waals surface area contributed by atoms with Gasteiger partial charge in [0.15, 0.2) is 0 Å². The molecule has 1 spiro atoms. The number of alkyl halides is 1. The average Bonchev–Trinajstić information content (AvgIpc) is 2.42. The first kappa shape index (κ1) is 8.94. The monoisotopic (exact) mass is 187 g/mol. The molecule has 74 valence electrons. The van der Waals surface area contributed by atoms with Crippen molar-refractivity contribution in [2.24, 2.45) is 5.41 Å². The molecule has 0 aromatic rings. The molecule has 13 heavy (non-hydrogen) atoms. The summed E-state index contributed by atoms with van der Waals surface area (Å²) in [6, 6.07) is 0. The van der Waals surface area contributed by atoms with Crippen molar-refractivity contribution in [2.45, 2.75) is 24.9 Å². The Morgan fingerprint density at radius 2 is 2.15 bits per heavy atom. The summed E-state index contributed by atoms with van der Waals surface area (Å²) in [5, 5.41) is 2.94. The summed E-state index contributed by atoms with van der Waals surface area (Å²) >= 11 is 0. The van der Waals surface area contributed by atoms with Crippen LogP contribution in [0.5, 0.6) is 0 Å². The normalized spacial score (nSPS) is 35.8. The van der Waals surface area contributed by atoms with Gasteiger partial charge in [0.25, 0.3) is 0 Å². The Labute approximate surface area is 76.6 Å². The standard InChI is InChI=1S/C9H14FNO2/c1-13-7(12)9(10)6-11-5-8(9)3-2-4-8/h11H,2-6H2,1H3. The van der Waals surface area contributed by atoms with Gasteiger partial charge in [-0.2, -0.15) is 0 Å². The Kier molecular flexibility index (Phi) is 1.84. The van der Waals surface area contributed by atoms with Gasteiger partial charge in [0, 0.05) is 18.5 Å². The fraction of sp³-hybridized carbons (Fsp3) is 0.889. The van der Waals surface area contributed by atoms with Crippen LogP contribution in [0.4, 0.5) is 4.39 Å². The number of nitrogens with one attached hydrogen (secondary N) is 1. The van der Waals surface area contributed by atoms with Gasteiger partial charge < -0.3 is 10.1 Å². The fourth-order valence-corrected chi connectivity index (χ4v) is 2.43. The van der Waals surface area contributed by atoms with Gasteiger partial charge >= 0.3 is 5.97 Å². The van der Waals surface area contributed by atoms with Crippen LogP contribution in [0.25, 0.3) is 0 Å². The molecule has 1 N–H and O–H groups in total. The summed E-state index contributed by atoms with van der Waals surface area (Å²) < 4.78 is 18.8. The van der Waals surface area contributed by atoms with E-state index >= 15 is 0 Å². The van der Waals surface area contributed by atoms with Crippen LogP contribution in [0.1, 0.15) is 19.3 Å². The third-order valence-electron chi connectivity index (χ3n) is 3.49. The lowest BCUT2D eigenvalue weighted by atomic mass is 9.61. The van der Waals surface area contributed by atoms with Crippen molar-refractivity contribution >= 4 is 5.97 Å². The molecule has 2 rings (SSSR count). The third kappa shape index (κ3) is 0.950. The highest BCUT2D eigenvalue weighted by Crippen LogP contribution is 2.53. The molecule has 3 nitrogen and oxygen atoms in total. The number of methoxy groups -OCH3 is 1. The van der Waals surface area contributed by atoms with E-state index in [9.17, 15) is 9.18 Å². The Morgan fingerprint density at radius 1 is 1.46 bits per heavy atom. The van der Waals surface area contributed by atoms with Crippen LogP contribution in [0.15, 0.2) is 0 Å². The van der Waals surface area contributed by atoms with Gasteiger partial charge in [0.05, 0.1) is 7.11 Å². The van der Waals surface area contributed by atoms with Gasteiger partial charge in [0.1, 0.15) is 0 Å². The number of carbonyl (C=O) groups excluding carboxylic acids is 1. The minimum Gasteiger partial charge on any atom is -0.467 e. The van der Waals surface area contributed by atoms with Gasteiger partial charge in [-0.1, -0.05) is 6.42 Å². The maximum atomic E-state index is 14.3. The Hall–Kier alpha value is -0.640. The molecule has 1 saturated carbocycles. The Morgan fingerprint density at radius 3 is 2.62 bits per heavy atom. The first-order chi connectivity index (χ1) is 6.15. The molecular formula is C9H14FNO2. The zero-order valence-electron chi connectivity index (χ0n) is 7.73. The second-order valence-corrected chi connectivity index (χ2v) is 4.03. The number of rotatable bonds is 1. The first-order valence-corrected chi connectivity index (χ1v) is 4.63. The number of carbonyl (C=O) groups is 1. The molecule has 0 bridgehead atoms. The molecule has 2 aliphatic rings. The van der Waals surface area contributed by atoms with Crippen molar-refractivity contribution in [1.29, 1.82) is 0 Å². The van der Waals surface area contributed by atoms with Crippen LogP contribution in [-0.4, -0.2) is 31.8 Å². The predicted octanol–water partition coefficient (Wildman–Crippen LogP) is 0.641. The minimum absolute atomic E-state index is 0.111. The summed E-state index contributed by atoms with van der Waals surface area (Å²) in [6.07, 6.45) is 2.61. The van der Waals surface area contributed by atoms with Gasteiger partial charge in [-0.15, -0.1) is 0 Å². The number of ether oxygens (including phenoxy) is 1. The van der Waals surface area contributed by atoms with E-state index in [1.807, 2.05) is 0 Å². The SMILES string of the molecule is COC(=O)C1(F)CNCC12CCC2. The van der Waals surface area contributed by atoms with Crippen LogP contribution in [-0.2, 0) is 9.53 Å². The lowest BCUT2D eigenvalue weighted by molar-refractivity contribution is -0.165. The molecule has 0 radical (unpaired) electrons. The molecule has 2 fully saturated rings. The number of hydrogen-bond donors (Lipinski definition) is 1. The highest BCUT2D eigenvalue weighted by molar-refractivity contribution is 5.81. The molecule has 1 saturated heterocycles. The van der Waals surface area contributed by atoms with E-state index in [1.165, 1.54) is 7.11 Å². The van der Waals surface area contributed by atoms with Crippen molar-refractivity contribution in [3.63, 3.8) is 0 Å². The average molecular weight is 187 g/mol. The number of esters is 1. The number of hydrogen-bond acceptors (Lipinski definition) is 3. The van der Waals surface area contributed by atoms with Crippen LogP contribution >= 0.6 is 0 Å². The van der Waals surface area contributed by atoms with Crippen molar-refractivity contribution in [3.8, 4) is 0 Å². The van der Waals surface area contributed by atoms with Crippen molar-refractivity contribution < 1.29 is 13.9 Å². The minimum atomic E-state index is -1.78. The lowest BCUT2D eigenvalue weighted by Crippen LogP contribution is -2.54. The Balaban J connectivity index is 2.24. The van der Waals surface area contributed by atoms with Crippen molar-refractivity contribution in [1.82, 2.24) is 5.32 Å². The molecule has 0 aromatic heterocycles. The quantitative estimate of drug-likeness (QED) is 0.612. The summed E-state index contributed by atoms with van der Waals surface area (Å²) in [4.78, 5) is 11.3. The lowest BCUT2D eigenvalue weighted by Gasteiger charge is -2.44. The summed E-state index contributed by atoms with van der Waals surface area (Å²) in [6.45, 7) is 0.721. The summed E-state index contributed by atoms with van der Waals surface area (Å²) in [7, 11) is 1.24. The summed E-state index contributed by atoms with van der Waals surface area (Å²) in [5.41, 5.74) is -2.24. The first-order valence-electron chi connectivity index (χ1n) is 4.63. The topological polar surface area (TPSA) is 38.3 Å². The second kappa shape index (κ2) is 2.67. The van der Waals surface area contributed by atoms with Gasteiger partial charge in [-0.05, 0) is 12.8 Å². The molecule has 0 amide bonds. The van der Waals surface area contributed by atoms with E-state index in [1.54, 1.807) is 0 Å². The maximum absolute atomic E-state index is 14.3. The van der Waals surface area contributed by atoms with Gasteiger partial charge in [-0.3, -0.25) is 0 Å². The van der Waals surface area contributed by atoms with Crippen molar-refractivity contribution in [3.05, 3.63) is 0 Å². The zero-order chi connectivity index (χ0) is 9.53. The summed E-state index contributed by atoms with van der Waals surface area (Å²) in [5.74, 6) is -0.711. The van der Waals surface area contributed by atoms with Crippen LogP contribution in [0, 0.1) is 5.41 Å². The largest absolute Gasteiger partial charge is 0.467 e.